The molecule has 0 aromatic carbocycles. The van der Waals surface area contributed by atoms with E-state index in [0.29, 0.717) is 12.3 Å². The molecule has 1 unspecified atom stereocenters. The number of carbonyl (C=O) groups excluding carboxylic acids is 1. The van der Waals surface area contributed by atoms with Gasteiger partial charge in [-0.2, -0.15) is 0 Å². The molecule has 1 N–H and O–H groups in total. The van der Waals surface area contributed by atoms with Crippen molar-refractivity contribution < 1.29 is 9.32 Å². The van der Waals surface area contributed by atoms with Gasteiger partial charge in [-0.05, 0) is 44.7 Å². The minimum atomic E-state index is 0.168. The number of hydrogen-bond acceptors (Lipinski definition) is 4. The Morgan fingerprint density at radius 2 is 2.18 bits per heavy atom. The van der Waals surface area contributed by atoms with E-state index >= 15 is 0 Å². The number of hydrogen-bond donors (Lipinski definition) is 1. The first-order valence-electron chi connectivity index (χ1n) is 8.60. The van der Waals surface area contributed by atoms with Gasteiger partial charge >= 0.3 is 0 Å². The van der Waals surface area contributed by atoms with Gasteiger partial charge in [0.25, 0.3) is 0 Å². The predicted octanol–water partition coefficient (Wildman–Crippen LogP) is 2.29. The molecule has 2 aliphatic rings. The number of amides is 1. The third-order valence-corrected chi connectivity index (χ3v) is 4.65. The third kappa shape index (κ3) is 3.69. The van der Waals surface area contributed by atoms with Gasteiger partial charge in [0.2, 0.25) is 5.91 Å². The Bertz CT molecular complexity index is 518. The van der Waals surface area contributed by atoms with Crippen LogP contribution in [0.3, 0.4) is 0 Å². The van der Waals surface area contributed by atoms with Crippen LogP contribution in [0.1, 0.15) is 56.5 Å². The van der Waals surface area contributed by atoms with Crippen LogP contribution in [0.2, 0.25) is 0 Å². The molecule has 122 valence electrons. The van der Waals surface area contributed by atoms with Crippen molar-refractivity contribution in [3.63, 3.8) is 0 Å². The first kappa shape index (κ1) is 15.5. The molecule has 1 aromatic rings. The molecule has 0 bridgehead atoms. The summed E-state index contributed by atoms with van der Waals surface area (Å²) < 4.78 is 5.53. The number of nitrogens with zero attached hydrogens (tertiary/aromatic N) is 2. The van der Waals surface area contributed by atoms with Gasteiger partial charge in [-0.1, -0.05) is 19.0 Å². The minimum absolute atomic E-state index is 0.168. The van der Waals surface area contributed by atoms with E-state index in [1.807, 2.05) is 0 Å². The van der Waals surface area contributed by atoms with Crippen molar-refractivity contribution in [2.75, 3.05) is 13.1 Å². The molecular weight excluding hydrogens is 278 g/mol. The average Bonchev–Trinajstić information content (AvgIpc) is 3.09. The molecule has 0 spiro atoms. The number of rotatable bonds is 5. The lowest BCUT2D eigenvalue weighted by atomic mass is 9.91. The van der Waals surface area contributed by atoms with Gasteiger partial charge in [0, 0.05) is 31.0 Å². The fraction of sp³-hybridized carbons (Fsp3) is 0.765. The first-order chi connectivity index (χ1) is 10.6. The minimum Gasteiger partial charge on any atom is -0.361 e. The molecule has 1 aliphatic carbocycles. The van der Waals surface area contributed by atoms with Crippen LogP contribution < -0.4 is 5.32 Å². The summed E-state index contributed by atoms with van der Waals surface area (Å²) in [6.07, 6.45) is 5.88. The van der Waals surface area contributed by atoms with Crippen molar-refractivity contribution >= 4 is 5.91 Å². The summed E-state index contributed by atoms with van der Waals surface area (Å²) in [5.41, 5.74) is 2.33. The SMILES string of the molecule is CC(C)CC(=O)NC1CCc2onc(CN3CCCC3)c2C1. The Labute approximate surface area is 132 Å². The molecule has 0 radical (unpaired) electrons. The van der Waals surface area contributed by atoms with Crippen LogP contribution in [0, 0.1) is 5.92 Å². The van der Waals surface area contributed by atoms with Gasteiger partial charge in [0.1, 0.15) is 11.5 Å². The topological polar surface area (TPSA) is 58.4 Å². The summed E-state index contributed by atoms with van der Waals surface area (Å²) >= 11 is 0. The Morgan fingerprint density at radius 1 is 1.41 bits per heavy atom. The second-order valence-electron chi connectivity index (χ2n) is 7.12. The van der Waals surface area contributed by atoms with Crippen LogP contribution in [-0.4, -0.2) is 35.1 Å². The van der Waals surface area contributed by atoms with E-state index in [1.165, 1.54) is 18.4 Å². The van der Waals surface area contributed by atoms with Gasteiger partial charge in [0.15, 0.2) is 0 Å². The van der Waals surface area contributed by atoms with Gasteiger partial charge < -0.3 is 9.84 Å². The van der Waals surface area contributed by atoms with Crippen molar-refractivity contribution in [2.24, 2.45) is 5.92 Å². The molecule has 5 nitrogen and oxygen atoms in total. The summed E-state index contributed by atoms with van der Waals surface area (Å²) in [5, 5.41) is 7.47. The molecule has 22 heavy (non-hydrogen) atoms. The standard InChI is InChI=1S/C17H27N3O2/c1-12(2)9-17(21)18-13-5-6-16-14(10-13)15(19-22-16)11-20-7-3-4-8-20/h12-13H,3-11H2,1-2H3,(H,18,21). The Kier molecular flexibility index (Phi) is 4.81. The molecule has 2 heterocycles. The van der Waals surface area contributed by atoms with E-state index in [4.69, 9.17) is 4.52 Å². The number of fused-ring (bicyclic) bond motifs is 1. The molecule has 1 atom stereocenters. The molecule has 1 saturated heterocycles. The maximum atomic E-state index is 12.0. The van der Waals surface area contributed by atoms with Crippen molar-refractivity contribution in [2.45, 2.75) is 65.0 Å². The second-order valence-corrected chi connectivity index (χ2v) is 7.12. The molecule has 5 heteroatoms. The van der Waals surface area contributed by atoms with E-state index in [0.717, 1.165) is 50.4 Å². The zero-order chi connectivity index (χ0) is 15.5. The van der Waals surface area contributed by atoms with Crippen LogP contribution in [0.5, 0.6) is 0 Å². The number of nitrogens with one attached hydrogen (secondary N) is 1. The quantitative estimate of drug-likeness (QED) is 0.907. The van der Waals surface area contributed by atoms with E-state index in [9.17, 15) is 4.79 Å². The molecule has 1 amide bonds. The Hall–Kier alpha value is -1.36. The third-order valence-electron chi connectivity index (χ3n) is 4.65. The maximum Gasteiger partial charge on any atom is 0.220 e. The summed E-state index contributed by atoms with van der Waals surface area (Å²) in [4.78, 5) is 14.4. The van der Waals surface area contributed by atoms with Crippen LogP contribution in [0.25, 0.3) is 0 Å². The van der Waals surface area contributed by atoms with Crippen molar-refractivity contribution in [3.8, 4) is 0 Å². The normalized spacial score (nSPS) is 22.0. The highest BCUT2D eigenvalue weighted by atomic mass is 16.5. The predicted molar refractivity (Wildman–Crippen MR) is 84.4 cm³/mol. The highest BCUT2D eigenvalue weighted by Gasteiger charge is 2.27. The number of aryl methyl sites for hydroxylation is 1. The largest absolute Gasteiger partial charge is 0.361 e. The Balaban J connectivity index is 1.61. The lowest BCUT2D eigenvalue weighted by Gasteiger charge is -2.23. The average molecular weight is 305 g/mol. The van der Waals surface area contributed by atoms with Gasteiger partial charge in [-0.15, -0.1) is 0 Å². The lowest BCUT2D eigenvalue weighted by molar-refractivity contribution is -0.122. The second kappa shape index (κ2) is 6.82. The van der Waals surface area contributed by atoms with Crippen LogP contribution >= 0.6 is 0 Å². The summed E-state index contributed by atoms with van der Waals surface area (Å²) in [6.45, 7) is 7.37. The molecule has 1 aromatic heterocycles. The summed E-state index contributed by atoms with van der Waals surface area (Å²) in [7, 11) is 0. The van der Waals surface area contributed by atoms with Gasteiger partial charge in [-0.3, -0.25) is 9.69 Å². The smallest absolute Gasteiger partial charge is 0.220 e. The van der Waals surface area contributed by atoms with Gasteiger partial charge in [-0.25, -0.2) is 0 Å². The fourth-order valence-corrected chi connectivity index (χ4v) is 3.52. The molecule has 3 rings (SSSR count). The highest BCUT2D eigenvalue weighted by Crippen LogP contribution is 2.26. The number of carbonyl (C=O) groups is 1. The van der Waals surface area contributed by atoms with Crippen LogP contribution in [0.4, 0.5) is 0 Å². The maximum absolute atomic E-state index is 12.0. The zero-order valence-electron chi connectivity index (χ0n) is 13.7. The summed E-state index contributed by atoms with van der Waals surface area (Å²) in [5.74, 6) is 1.60. The summed E-state index contributed by atoms with van der Waals surface area (Å²) in [6, 6.07) is 0.232. The van der Waals surface area contributed by atoms with Gasteiger partial charge in [0.05, 0.1) is 0 Å². The molecular formula is C17H27N3O2. The number of likely N-dealkylation sites (tertiary alicyclic amines) is 1. The molecule has 0 saturated carbocycles. The molecule has 1 aliphatic heterocycles. The van der Waals surface area contributed by atoms with Crippen molar-refractivity contribution in [3.05, 3.63) is 17.0 Å². The number of aromatic nitrogens is 1. The van der Waals surface area contributed by atoms with Crippen LogP contribution in [-0.2, 0) is 24.2 Å². The van der Waals surface area contributed by atoms with E-state index < -0.39 is 0 Å². The first-order valence-corrected chi connectivity index (χ1v) is 8.60. The van der Waals surface area contributed by atoms with Crippen molar-refractivity contribution in [1.29, 1.82) is 0 Å². The zero-order valence-corrected chi connectivity index (χ0v) is 13.7. The Morgan fingerprint density at radius 3 is 2.91 bits per heavy atom. The fourth-order valence-electron chi connectivity index (χ4n) is 3.52. The monoisotopic (exact) mass is 305 g/mol. The van der Waals surface area contributed by atoms with Crippen LogP contribution in [0.15, 0.2) is 4.52 Å². The lowest BCUT2D eigenvalue weighted by Crippen LogP contribution is -2.39. The van der Waals surface area contributed by atoms with E-state index in [1.54, 1.807) is 0 Å². The highest BCUT2D eigenvalue weighted by molar-refractivity contribution is 5.76. The van der Waals surface area contributed by atoms with E-state index in [2.05, 4.69) is 29.2 Å². The molecule has 1 fully saturated rings. The van der Waals surface area contributed by atoms with E-state index in [-0.39, 0.29) is 11.9 Å². The van der Waals surface area contributed by atoms with Crippen molar-refractivity contribution in [1.82, 2.24) is 15.4 Å².